The third-order valence-electron chi connectivity index (χ3n) is 4.64. The van der Waals surface area contributed by atoms with Crippen LogP contribution in [-0.4, -0.2) is 39.4 Å². The molecule has 0 saturated heterocycles. The number of nitrogens with one attached hydrogen (secondary N) is 1. The molecule has 32 heavy (non-hydrogen) atoms. The maximum absolute atomic E-state index is 13.3. The molecular weight excluding hydrogens is 452 g/mol. The van der Waals surface area contributed by atoms with Gasteiger partial charge in [-0.3, -0.25) is 4.79 Å². The van der Waals surface area contributed by atoms with E-state index in [0.717, 1.165) is 9.87 Å². The molecule has 9 heteroatoms. The van der Waals surface area contributed by atoms with Crippen LogP contribution in [0, 0.1) is 0 Å². The number of ether oxygens (including phenoxy) is 2. The molecule has 0 saturated carbocycles. The summed E-state index contributed by atoms with van der Waals surface area (Å²) >= 11 is 5.90. The zero-order valence-electron chi connectivity index (χ0n) is 17.6. The third kappa shape index (κ3) is 5.79. The molecule has 0 atom stereocenters. The number of sulfonamides is 1. The van der Waals surface area contributed by atoms with Gasteiger partial charge in [-0.1, -0.05) is 41.9 Å². The Hall–Kier alpha value is -3.07. The first-order valence-electron chi connectivity index (χ1n) is 9.65. The molecular formula is C23H23ClN2O5S. The van der Waals surface area contributed by atoms with E-state index >= 15 is 0 Å². The van der Waals surface area contributed by atoms with Crippen molar-refractivity contribution in [3.63, 3.8) is 0 Å². The van der Waals surface area contributed by atoms with E-state index in [2.05, 4.69) is 5.32 Å². The number of halogens is 1. The van der Waals surface area contributed by atoms with Crippen LogP contribution in [0.25, 0.3) is 0 Å². The van der Waals surface area contributed by atoms with E-state index in [1.54, 1.807) is 30.3 Å². The van der Waals surface area contributed by atoms with Crippen molar-refractivity contribution in [1.29, 1.82) is 0 Å². The molecule has 0 spiro atoms. The number of carbonyl (C=O) groups excluding carboxylic acids is 1. The van der Waals surface area contributed by atoms with Gasteiger partial charge in [0.25, 0.3) is 0 Å². The normalized spacial score (nSPS) is 11.2. The van der Waals surface area contributed by atoms with Crippen LogP contribution >= 0.6 is 11.6 Å². The zero-order chi connectivity index (χ0) is 23.1. The molecule has 0 bridgehead atoms. The van der Waals surface area contributed by atoms with Gasteiger partial charge in [-0.15, -0.1) is 0 Å². The van der Waals surface area contributed by atoms with Crippen LogP contribution in [0.5, 0.6) is 11.5 Å². The lowest BCUT2D eigenvalue weighted by Crippen LogP contribution is -2.37. The third-order valence-corrected chi connectivity index (χ3v) is 6.70. The summed E-state index contributed by atoms with van der Waals surface area (Å²) in [5.41, 5.74) is 1.21. The number of rotatable bonds is 9. The monoisotopic (exact) mass is 474 g/mol. The summed E-state index contributed by atoms with van der Waals surface area (Å²) in [7, 11) is -0.955. The number of anilines is 1. The largest absolute Gasteiger partial charge is 0.493 e. The molecule has 0 aliphatic rings. The fourth-order valence-electron chi connectivity index (χ4n) is 3.04. The Balaban J connectivity index is 1.85. The quantitative estimate of drug-likeness (QED) is 0.502. The van der Waals surface area contributed by atoms with Crippen molar-refractivity contribution in [2.45, 2.75) is 11.4 Å². The van der Waals surface area contributed by atoms with Crippen molar-refractivity contribution in [1.82, 2.24) is 4.31 Å². The molecule has 0 unspecified atom stereocenters. The number of hydrogen-bond acceptors (Lipinski definition) is 5. The van der Waals surface area contributed by atoms with Crippen LogP contribution in [0.4, 0.5) is 5.69 Å². The summed E-state index contributed by atoms with van der Waals surface area (Å²) in [6.45, 7) is -0.348. The number of benzene rings is 3. The summed E-state index contributed by atoms with van der Waals surface area (Å²) in [6, 6.07) is 19.8. The first-order chi connectivity index (χ1) is 15.3. The molecule has 0 fully saturated rings. The van der Waals surface area contributed by atoms with Crippen molar-refractivity contribution < 1.29 is 22.7 Å². The molecule has 7 nitrogen and oxygen atoms in total. The lowest BCUT2D eigenvalue weighted by molar-refractivity contribution is -0.116. The van der Waals surface area contributed by atoms with Gasteiger partial charge in [-0.05, 0) is 42.0 Å². The second-order valence-corrected chi connectivity index (χ2v) is 9.20. The van der Waals surface area contributed by atoms with Crippen molar-refractivity contribution in [2.24, 2.45) is 0 Å². The van der Waals surface area contributed by atoms with E-state index in [9.17, 15) is 13.2 Å². The van der Waals surface area contributed by atoms with Gasteiger partial charge in [-0.25, -0.2) is 8.42 Å². The molecule has 3 aromatic carbocycles. The minimum atomic E-state index is -3.96. The van der Waals surface area contributed by atoms with Gasteiger partial charge in [0.2, 0.25) is 15.9 Å². The van der Waals surface area contributed by atoms with Gasteiger partial charge in [0.05, 0.1) is 25.7 Å². The second kappa shape index (κ2) is 10.5. The van der Waals surface area contributed by atoms with Crippen molar-refractivity contribution in [3.05, 3.63) is 83.4 Å². The van der Waals surface area contributed by atoms with Gasteiger partial charge >= 0.3 is 0 Å². The molecule has 0 radical (unpaired) electrons. The highest BCUT2D eigenvalue weighted by atomic mass is 35.5. The van der Waals surface area contributed by atoms with Crippen molar-refractivity contribution in [2.75, 3.05) is 26.1 Å². The minimum absolute atomic E-state index is 0.0329. The molecule has 3 aromatic rings. The Morgan fingerprint density at radius 3 is 2.22 bits per heavy atom. The Kier molecular flexibility index (Phi) is 7.74. The highest BCUT2D eigenvalue weighted by Gasteiger charge is 2.27. The first kappa shape index (κ1) is 23.6. The summed E-state index contributed by atoms with van der Waals surface area (Å²) in [4.78, 5) is 12.8. The number of amides is 1. The standard InChI is InChI=1S/C23H23ClN2O5S/c1-30-21-13-10-19(14-22(21)31-2)25-23(27)16-26(15-17-6-4-3-5-7-17)32(28,29)20-11-8-18(24)9-12-20/h3-14H,15-16H2,1-2H3,(H,25,27). The Labute approximate surface area is 192 Å². The molecule has 1 N–H and O–H groups in total. The molecule has 0 aromatic heterocycles. The molecule has 0 aliphatic heterocycles. The van der Waals surface area contributed by atoms with Crippen molar-refractivity contribution in [3.8, 4) is 11.5 Å². The van der Waals surface area contributed by atoms with Crippen LogP contribution in [0.3, 0.4) is 0 Å². The average molecular weight is 475 g/mol. The minimum Gasteiger partial charge on any atom is -0.493 e. The second-order valence-electron chi connectivity index (χ2n) is 6.83. The predicted molar refractivity (Wildman–Crippen MR) is 124 cm³/mol. The summed E-state index contributed by atoms with van der Waals surface area (Å²) in [5, 5.41) is 3.14. The number of methoxy groups -OCH3 is 2. The van der Waals surface area contributed by atoms with Gasteiger partial charge < -0.3 is 14.8 Å². The molecule has 0 heterocycles. The summed E-state index contributed by atoms with van der Waals surface area (Å²) < 4.78 is 38.1. The summed E-state index contributed by atoms with van der Waals surface area (Å²) in [5.74, 6) is 0.465. The first-order valence-corrected chi connectivity index (χ1v) is 11.5. The highest BCUT2D eigenvalue weighted by molar-refractivity contribution is 7.89. The van der Waals surface area contributed by atoms with Gasteiger partial charge in [0, 0.05) is 23.3 Å². The fourth-order valence-corrected chi connectivity index (χ4v) is 4.55. The lowest BCUT2D eigenvalue weighted by Gasteiger charge is -2.22. The van der Waals surface area contributed by atoms with E-state index < -0.39 is 15.9 Å². The van der Waals surface area contributed by atoms with Crippen molar-refractivity contribution >= 4 is 33.2 Å². The van der Waals surface area contributed by atoms with E-state index in [4.69, 9.17) is 21.1 Å². The number of nitrogens with zero attached hydrogens (tertiary/aromatic N) is 1. The van der Waals surface area contributed by atoms with Crippen LogP contribution in [0.15, 0.2) is 77.7 Å². The van der Waals surface area contributed by atoms with E-state index in [0.29, 0.717) is 22.2 Å². The molecule has 168 valence electrons. The number of hydrogen-bond donors (Lipinski definition) is 1. The number of carbonyl (C=O) groups is 1. The Morgan fingerprint density at radius 1 is 0.938 bits per heavy atom. The average Bonchev–Trinajstić information content (AvgIpc) is 2.79. The van der Waals surface area contributed by atoms with Gasteiger partial charge in [0.15, 0.2) is 11.5 Å². The van der Waals surface area contributed by atoms with E-state index in [-0.39, 0.29) is 18.0 Å². The van der Waals surface area contributed by atoms with E-state index in [1.807, 2.05) is 18.2 Å². The van der Waals surface area contributed by atoms with Crippen LogP contribution < -0.4 is 14.8 Å². The van der Waals surface area contributed by atoms with Crippen LogP contribution in [0.1, 0.15) is 5.56 Å². The van der Waals surface area contributed by atoms with Crippen LogP contribution in [-0.2, 0) is 21.4 Å². The van der Waals surface area contributed by atoms with Gasteiger partial charge in [0.1, 0.15) is 0 Å². The topological polar surface area (TPSA) is 84.9 Å². The van der Waals surface area contributed by atoms with E-state index in [1.165, 1.54) is 38.5 Å². The van der Waals surface area contributed by atoms with Crippen LogP contribution in [0.2, 0.25) is 5.02 Å². The smallest absolute Gasteiger partial charge is 0.243 e. The lowest BCUT2D eigenvalue weighted by atomic mass is 10.2. The molecule has 0 aliphatic carbocycles. The highest BCUT2D eigenvalue weighted by Crippen LogP contribution is 2.30. The predicted octanol–water partition coefficient (Wildman–Crippen LogP) is 4.19. The SMILES string of the molecule is COc1ccc(NC(=O)CN(Cc2ccccc2)S(=O)(=O)c2ccc(Cl)cc2)cc1OC. The maximum Gasteiger partial charge on any atom is 0.243 e. The Morgan fingerprint density at radius 2 is 1.59 bits per heavy atom. The molecule has 3 rings (SSSR count). The van der Waals surface area contributed by atoms with Gasteiger partial charge in [-0.2, -0.15) is 4.31 Å². The molecule has 1 amide bonds. The maximum atomic E-state index is 13.3. The summed E-state index contributed by atoms with van der Waals surface area (Å²) in [6.07, 6.45) is 0. The fraction of sp³-hybridized carbons (Fsp3) is 0.174. The Bertz CT molecular complexity index is 1170. The zero-order valence-corrected chi connectivity index (χ0v) is 19.2.